The molecule has 1 amide bonds. The minimum absolute atomic E-state index is 0.281. The molecular formula is C18H17NO5. The molecule has 24 heavy (non-hydrogen) atoms. The number of anilines is 1. The Kier molecular flexibility index (Phi) is 3.99. The third-order valence-electron chi connectivity index (χ3n) is 4.12. The van der Waals surface area contributed by atoms with Gasteiger partial charge in [-0.05, 0) is 18.2 Å². The Morgan fingerprint density at radius 1 is 1.17 bits per heavy atom. The first-order valence-electron chi connectivity index (χ1n) is 7.38. The maximum absolute atomic E-state index is 12.7. The van der Waals surface area contributed by atoms with Crippen LogP contribution in [0.5, 0.6) is 11.5 Å². The lowest BCUT2D eigenvalue weighted by Gasteiger charge is -2.20. The van der Waals surface area contributed by atoms with E-state index in [-0.39, 0.29) is 12.0 Å². The summed E-state index contributed by atoms with van der Waals surface area (Å²) < 4.78 is 10.3. The van der Waals surface area contributed by atoms with E-state index in [0.29, 0.717) is 22.7 Å². The quantitative estimate of drug-likeness (QED) is 0.822. The van der Waals surface area contributed by atoms with Gasteiger partial charge in [0.15, 0.2) is 11.4 Å². The van der Waals surface area contributed by atoms with Crippen molar-refractivity contribution in [2.45, 2.75) is 12.0 Å². The van der Waals surface area contributed by atoms with Gasteiger partial charge in [-0.3, -0.25) is 9.59 Å². The SMILES string of the molecule is COc1ccc(C(=O)C[C@]2(O)C(=O)Nc3ccccc32)c(OC)c1. The van der Waals surface area contributed by atoms with E-state index in [2.05, 4.69) is 5.32 Å². The lowest BCUT2D eigenvalue weighted by molar-refractivity contribution is -0.133. The molecule has 1 aliphatic heterocycles. The van der Waals surface area contributed by atoms with E-state index >= 15 is 0 Å². The highest BCUT2D eigenvalue weighted by atomic mass is 16.5. The second kappa shape index (κ2) is 5.98. The molecule has 124 valence electrons. The standard InChI is InChI=1S/C18H17NO5/c1-23-11-7-8-12(16(9-11)24-2)15(20)10-18(22)13-5-3-4-6-14(13)19-17(18)21/h3-9,22H,10H2,1-2H3,(H,19,21)/t18-/m1/s1. The minimum atomic E-state index is -1.89. The first-order valence-corrected chi connectivity index (χ1v) is 7.38. The molecule has 2 N–H and O–H groups in total. The van der Waals surface area contributed by atoms with Crippen molar-refractivity contribution in [3.8, 4) is 11.5 Å². The van der Waals surface area contributed by atoms with Crippen molar-refractivity contribution in [3.05, 3.63) is 53.6 Å². The number of carbonyl (C=O) groups is 2. The molecule has 0 spiro atoms. The van der Waals surface area contributed by atoms with Crippen LogP contribution >= 0.6 is 0 Å². The van der Waals surface area contributed by atoms with Crippen LogP contribution in [-0.2, 0) is 10.4 Å². The first-order chi connectivity index (χ1) is 11.5. The van der Waals surface area contributed by atoms with E-state index in [1.54, 1.807) is 42.5 Å². The molecule has 0 radical (unpaired) electrons. The number of carbonyl (C=O) groups excluding carboxylic acids is 2. The van der Waals surface area contributed by atoms with Crippen LogP contribution in [0, 0.1) is 0 Å². The molecular weight excluding hydrogens is 310 g/mol. The zero-order valence-electron chi connectivity index (χ0n) is 13.3. The van der Waals surface area contributed by atoms with E-state index in [1.165, 1.54) is 14.2 Å². The molecule has 0 aliphatic carbocycles. The molecule has 0 saturated carbocycles. The Hall–Kier alpha value is -2.86. The molecule has 1 atom stereocenters. The van der Waals surface area contributed by atoms with Crippen molar-refractivity contribution in [1.82, 2.24) is 0 Å². The molecule has 3 rings (SSSR count). The van der Waals surface area contributed by atoms with Crippen molar-refractivity contribution in [3.63, 3.8) is 0 Å². The molecule has 0 unspecified atom stereocenters. The zero-order valence-corrected chi connectivity index (χ0v) is 13.3. The van der Waals surface area contributed by atoms with Crippen molar-refractivity contribution in [1.29, 1.82) is 0 Å². The molecule has 0 bridgehead atoms. The van der Waals surface area contributed by atoms with Gasteiger partial charge in [-0.25, -0.2) is 0 Å². The Morgan fingerprint density at radius 2 is 1.92 bits per heavy atom. The number of ketones is 1. The minimum Gasteiger partial charge on any atom is -0.497 e. The average molecular weight is 327 g/mol. The van der Waals surface area contributed by atoms with Gasteiger partial charge in [-0.2, -0.15) is 0 Å². The van der Waals surface area contributed by atoms with Gasteiger partial charge in [-0.15, -0.1) is 0 Å². The van der Waals surface area contributed by atoms with Gasteiger partial charge < -0.3 is 19.9 Å². The third-order valence-corrected chi connectivity index (χ3v) is 4.12. The maximum Gasteiger partial charge on any atom is 0.261 e. The molecule has 2 aromatic carbocycles. The van der Waals surface area contributed by atoms with Crippen LogP contribution in [0.25, 0.3) is 0 Å². The van der Waals surface area contributed by atoms with Gasteiger partial charge in [0, 0.05) is 17.3 Å². The van der Waals surface area contributed by atoms with Crippen LogP contribution in [-0.4, -0.2) is 31.0 Å². The fourth-order valence-electron chi connectivity index (χ4n) is 2.83. The summed E-state index contributed by atoms with van der Waals surface area (Å²) >= 11 is 0. The van der Waals surface area contributed by atoms with Crippen LogP contribution in [0.1, 0.15) is 22.3 Å². The summed E-state index contributed by atoms with van der Waals surface area (Å²) in [5.74, 6) is -0.130. The number of rotatable bonds is 5. The monoisotopic (exact) mass is 327 g/mol. The maximum atomic E-state index is 12.7. The number of Topliss-reactive ketones (excluding diaryl/α,β-unsaturated/α-hetero) is 1. The van der Waals surface area contributed by atoms with Crippen molar-refractivity contribution < 1.29 is 24.2 Å². The molecule has 0 fully saturated rings. The summed E-state index contributed by atoms with van der Waals surface area (Å²) in [5.41, 5.74) is -0.697. The molecule has 0 aromatic heterocycles. The second-order valence-electron chi connectivity index (χ2n) is 5.53. The van der Waals surface area contributed by atoms with Crippen LogP contribution in [0.15, 0.2) is 42.5 Å². The lowest BCUT2D eigenvalue weighted by Crippen LogP contribution is -2.36. The van der Waals surface area contributed by atoms with Crippen LogP contribution in [0.2, 0.25) is 0 Å². The average Bonchev–Trinajstić information content (AvgIpc) is 2.85. The topological polar surface area (TPSA) is 84.9 Å². The third kappa shape index (κ3) is 2.51. The highest BCUT2D eigenvalue weighted by Gasteiger charge is 2.46. The predicted molar refractivity (Wildman–Crippen MR) is 87.5 cm³/mol. The number of para-hydroxylation sites is 1. The number of fused-ring (bicyclic) bond motifs is 1. The Morgan fingerprint density at radius 3 is 2.62 bits per heavy atom. The molecule has 2 aromatic rings. The molecule has 1 heterocycles. The zero-order chi connectivity index (χ0) is 17.3. The number of hydrogen-bond acceptors (Lipinski definition) is 5. The van der Waals surface area contributed by atoms with Gasteiger partial charge in [0.25, 0.3) is 5.91 Å². The fraction of sp³-hybridized carbons (Fsp3) is 0.222. The summed E-state index contributed by atoms with van der Waals surface area (Å²) in [6.07, 6.45) is -0.376. The summed E-state index contributed by atoms with van der Waals surface area (Å²) in [7, 11) is 2.95. The number of amides is 1. The molecule has 0 saturated heterocycles. The van der Waals surface area contributed by atoms with Gasteiger partial charge in [0.05, 0.1) is 26.2 Å². The number of nitrogens with one attached hydrogen (secondary N) is 1. The summed E-state index contributed by atoms with van der Waals surface area (Å²) in [6.45, 7) is 0. The van der Waals surface area contributed by atoms with E-state index in [1.807, 2.05) is 0 Å². The lowest BCUT2D eigenvalue weighted by atomic mass is 9.88. The number of benzene rings is 2. The summed E-state index contributed by atoms with van der Waals surface area (Å²) in [6, 6.07) is 11.5. The Balaban J connectivity index is 1.94. The van der Waals surface area contributed by atoms with E-state index in [0.717, 1.165) is 0 Å². The molecule has 6 nitrogen and oxygen atoms in total. The van der Waals surface area contributed by atoms with Crippen LogP contribution in [0.4, 0.5) is 5.69 Å². The fourth-order valence-corrected chi connectivity index (χ4v) is 2.83. The van der Waals surface area contributed by atoms with Gasteiger partial charge in [0.2, 0.25) is 0 Å². The van der Waals surface area contributed by atoms with E-state index in [4.69, 9.17) is 9.47 Å². The second-order valence-corrected chi connectivity index (χ2v) is 5.53. The molecule has 6 heteroatoms. The van der Waals surface area contributed by atoms with Crippen molar-refractivity contribution >= 4 is 17.4 Å². The largest absolute Gasteiger partial charge is 0.497 e. The van der Waals surface area contributed by atoms with Crippen molar-refractivity contribution in [2.24, 2.45) is 0 Å². The number of methoxy groups -OCH3 is 2. The smallest absolute Gasteiger partial charge is 0.261 e. The van der Waals surface area contributed by atoms with Gasteiger partial charge in [-0.1, -0.05) is 18.2 Å². The van der Waals surface area contributed by atoms with Crippen molar-refractivity contribution in [2.75, 3.05) is 19.5 Å². The Bertz CT molecular complexity index is 817. The van der Waals surface area contributed by atoms with Crippen LogP contribution < -0.4 is 14.8 Å². The highest BCUT2D eigenvalue weighted by molar-refractivity contribution is 6.10. The Labute approximate surface area is 139 Å². The number of ether oxygens (including phenoxy) is 2. The number of aliphatic hydroxyl groups is 1. The summed E-state index contributed by atoms with van der Waals surface area (Å²) in [5, 5.41) is 13.4. The van der Waals surface area contributed by atoms with Gasteiger partial charge >= 0.3 is 0 Å². The van der Waals surface area contributed by atoms with Gasteiger partial charge in [0.1, 0.15) is 11.5 Å². The molecule has 1 aliphatic rings. The number of hydrogen-bond donors (Lipinski definition) is 2. The highest BCUT2D eigenvalue weighted by Crippen LogP contribution is 2.39. The van der Waals surface area contributed by atoms with Crippen LogP contribution in [0.3, 0.4) is 0 Å². The first kappa shape index (κ1) is 16.0. The van der Waals surface area contributed by atoms with E-state index in [9.17, 15) is 14.7 Å². The summed E-state index contributed by atoms with van der Waals surface area (Å²) in [4.78, 5) is 24.9. The predicted octanol–water partition coefficient (Wildman–Crippen LogP) is 2.12. The normalized spacial score (nSPS) is 18.7. The van der Waals surface area contributed by atoms with E-state index < -0.39 is 17.3 Å².